The predicted molar refractivity (Wildman–Crippen MR) is 128 cm³/mol. The van der Waals surface area contributed by atoms with E-state index in [9.17, 15) is 4.79 Å². The topological polar surface area (TPSA) is 121 Å². The highest BCUT2D eigenvalue weighted by molar-refractivity contribution is 6.32. The molecule has 1 aliphatic carbocycles. The highest BCUT2D eigenvalue weighted by atomic mass is 35.5. The van der Waals surface area contributed by atoms with Crippen LogP contribution in [0.25, 0.3) is 11.5 Å². The van der Waals surface area contributed by atoms with E-state index in [1.54, 1.807) is 27.5 Å². The lowest BCUT2D eigenvalue weighted by atomic mass is 9.80. The Hall–Kier alpha value is -3.83. The number of hydrogen-bond donors (Lipinski definition) is 1. The summed E-state index contributed by atoms with van der Waals surface area (Å²) < 4.78 is 3.47. The summed E-state index contributed by atoms with van der Waals surface area (Å²) in [6, 6.07) is 3.32. The minimum absolute atomic E-state index is 0.207. The summed E-state index contributed by atoms with van der Waals surface area (Å²) in [5.41, 5.74) is 3.13. The van der Waals surface area contributed by atoms with Crippen molar-refractivity contribution in [1.82, 2.24) is 44.4 Å². The number of pyridine rings is 1. The third-order valence-electron chi connectivity index (χ3n) is 6.35. The molecule has 0 radical (unpaired) electrons. The zero-order chi connectivity index (χ0) is 24.3. The second kappa shape index (κ2) is 7.85. The van der Waals surface area contributed by atoms with E-state index in [4.69, 9.17) is 23.2 Å². The molecule has 1 aliphatic rings. The number of aryl methyl sites for hydroxylation is 1. The van der Waals surface area contributed by atoms with E-state index >= 15 is 0 Å². The number of nitrogens with one attached hydrogen (secondary N) is 1. The van der Waals surface area contributed by atoms with Crippen LogP contribution in [0, 0.1) is 0 Å². The molecule has 13 heteroatoms. The van der Waals surface area contributed by atoms with Gasteiger partial charge in [0.1, 0.15) is 0 Å². The molecule has 1 N–H and O–H groups in total. The van der Waals surface area contributed by atoms with E-state index in [1.807, 2.05) is 19.4 Å². The van der Waals surface area contributed by atoms with Crippen molar-refractivity contribution >= 4 is 40.4 Å². The molecule has 2 unspecified atom stereocenters. The van der Waals surface area contributed by atoms with Gasteiger partial charge in [0.05, 0.1) is 47.1 Å². The predicted octanol–water partition coefficient (Wildman–Crippen LogP) is 3.18. The number of aromatic nitrogens is 9. The van der Waals surface area contributed by atoms with E-state index in [0.717, 1.165) is 16.8 Å². The highest BCUT2D eigenvalue weighted by Gasteiger charge is 2.47. The van der Waals surface area contributed by atoms with Crippen LogP contribution in [-0.4, -0.2) is 50.3 Å². The van der Waals surface area contributed by atoms with Gasteiger partial charge in [0.25, 0.3) is 0 Å². The number of halogens is 2. The smallest absolute Gasteiger partial charge is 0.232 e. The van der Waals surface area contributed by atoms with Crippen LogP contribution in [0.5, 0.6) is 0 Å². The van der Waals surface area contributed by atoms with Crippen LogP contribution in [0.3, 0.4) is 0 Å². The van der Waals surface area contributed by atoms with Gasteiger partial charge < -0.3 is 5.32 Å². The monoisotopic (exact) mass is 508 g/mol. The van der Waals surface area contributed by atoms with Crippen LogP contribution >= 0.6 is 23.2 Å². The number of nitrogens with zero attached hydrogens (tertiary/aromatic N) is 9. The number of rotatable bonds is 4. The van der Waals surface area contributed by atoms with Crippen molar-refractivity contribution in [3.05, 3.63) is 76.3 Å². The SMILES string of the molecule is Cn1cc(C2(C)CC(C(=O)Nc3cnc(-n4nccn4)c(Cl)c3)c3cnc4cc(Cl)nn4c32)cn1. The number of fused-ring (bicyclic) bond motifs is 3. The molecule has 176 valence electrons. The number of amides is 1. The molecule has 0 spiro atoms. The molecule has 5 aromatic heterocycles. The lowest BCUT2D eigenvalue weighted by Crippen LogP contribution is -2.25. The van der Waals surface area contributed by atoms with Gasteiger partial charge in [-0.25, -0.2) is 14.5 Å². The van der Waals surface area contributed by atoms with Crippen molar-refractivity contribution < 1.29 is 4.79 Å². The average Bonchev–Trinajstić information content (AvgIpc) is 3.60. The first-order chi connectivity index (χ1) is 16.8. The second-order valence-corrected chi connectivity index (χ2v) is 9.42. The fourth-order valence-corrected chi connectivity index (χ4v) is 5.15. The second-order valence-electron chi connectivity index (χ2n) is 8.63. The molecule has 0 aromatic carbocycles. The molecule has 0 aliphatic heterocycles. The summed E-state index contributed by atoms with van der Waals surface area (Å²) in [5.74, 6) is -0.338. The molecular weight excluding hydrogens is 491 g/mol. The van der Waals surface area contributed by atoms with Gasteiger partial charge in [0.2, 0.25) is 5.91 Å². The van der Waals surface area contributed by atoms with Gasteiger partial charge in [-0.1, -0.05) is 23.2 Å². The fraction of sp³-hybridized carbons (Fsp3) is 0.227. The number of carbonyl (C=O) groups is 1. The molecule has 0 fully saturated rings. The lowest BCUT2D eigenvalue weighted by Gasteiger charge is -2.24. The molecule has 0 saturated carbocycles. The molecule has 35 heavy (non-hydrogen) atoms. The van der Waals surface area contributed by atoms with Crippen molar-refractivity contribution in [2.45, 2.75) is 24.7 Å². The zero-order valence-corrected chi connectivity index (χ0v) is 20.1. The average molecular weight is 509 g/mol. The summed E-state index contributed by atoms with van der Waals surface area (Å²) in [6.07, 6.45) is 10.6. The Kier molecular flexibility index (Phi) is 4.87. The number of carbonyl (C=O) groups excluding carboxylic acids is 1. The Morgan fingerprint density at radius 1 is 1.11 bits per heavy atom. The fourth-order valence-electron chi connectivity index (χ4n) is 4.74. The first kappa shape index (κ1) is 21.7. The van der Waals surface area contributed by atoms with E-state index in [-0.39, 0.29) is 5.91 Å². The standard InChI is InChI=1S/C22H18Cl2N10O/c1-22(12-8-29-32(2)11-12)7-14(15-10-25-18-6-17(24)31-33(18)19(15)22)21(35)30-13-5-16(23)20(26-9-13)34-27-3-4-28-34/h3-6,8-11,14H,7H2,1-2H3,(H,30,35). The van der Waals surface area contributed by atoms with Crippen LogP contribution < -0.4 is 5.32 Å². The van der Waals surface area contributed by atoms with Gasteiger partial charge in [-0.3, -0.25) is 9.48 Å². The van der Waals surface area contributed by atoms with Crippen LogP contribution in [0.2, 0.25) is 10.2 Å². The summed E-state index contributed by atoms with van der Waals surface area (Å²) in [5, 5.41) is 20.5. The highest BCUT2D eigenvalue weighted by Crippen LogP contribution is 2.50. The molecule has 2 atom stereocenters. The van der Waals surface area contributed by atoms with Gasteiger partial charge in [0.15, 0.2) is 16.6 Å². The maximum Gasteiger partial charge on any atom is 0.232 e. The Morgan fingerprint density at radius 2 is 1.91 bits per heavy atom. The minimum atomic E-state index is -0.548. The van der Waals surface area contributed by atoms with Gasteiger partial charge in [0, 0.05) is 42.0 Å². The van der Waals surface area contributed by atoms with Gasteiger partial charge in [-0.2, -0.15) is 20.4 Å². The first-order valence-electron chi connectivity index (χ1n) is 10.7. The minimum Gasteiger partial charge on any atom is -0.324 e. The molecule has 1 amide bonds. The van der Waals surface area contributed by atoms with Crippen molar-refractivity contribution in [3.63, 3.8) is 0 Å². The van der Waals surface area contributed by atoms with Gasteiger partial charge >= 0.3 is 0 Å². The molecular formula is C22H18Cl2N10O. The molecule has 6 rings (SSSR count). The Bertz CT molecular complexity index is 1590. The van der Waals surface area contributed by atoms with Crippen molar-refractivity contribution in [2.75, 3.05) is 5.32 Å². The maximum atomic E-state index is 13.6. The third kappa shape index (κ3) is 3.46. The van der Waals surface area contributed by atoms with E-state index in [0.29, 0.717) is 33.7 Å². The molecule has 0 saturated heterocycles. The lowest BCUT2D eigenvalue weighted by molar-refractivity contribution is -0.117. The zero-order valence-electron chi connectivity index (χ0n) is 18.6. The Labute approximate surface area is 208 Å². The van der Waals surface area contributed by atoms with Gasteiger partial charge in [-0.15, -0.1) is 4.80 Å². The van der Waals surface area contributed by atoms with Crippen molar-refractivity contribution in [1.29, 1.82) is 0 Å². The molecule has 5 heterocycles. The van der Waals surface area contributed by atoms with E-state index in [2.05, 4.69) is 42.6 Å². The summed E-state index contributed by atoms with van der Waals surface area (Å²) in [7, 11) is 1.86. The number of hydrogen-bond acceptors (Lipinski definition) is 7. The van der Waals surface area contributed by atoms with Crippen LogP contribution in [0.4, 0.5) is 5.69 Å². The first-order valence-corrected chi connectivity index (χ1v) is 11.5. The normalized spacial score (nSPS) is 19.3. The quantitative estimate of drug-likeness (QED) is 0.395. The third-order valence-corrected chi connectivity index (χ3v) is 6.81. The maximum absolute atomic E-state index is 13.6. The molecule has 5 aromatic rings. The van der Waals surface area contributed by atoms with Crippen molar-refractivity contribution in [3.8, 4) is 5.82 Å². The van der Waals surface area contributed by atoms with Crippen LogP contribution in [0.1, 0.15) is 36.1 Å². The molecule has 11 nitrogen and oxygen atoms in total. The summed E-state index contributed by atoms with van der Waals surface area (Å²) in [6.45, 7) is 2.08. The molecule has 0 bridgehead atoms. The Balaban J connectivity index is 1.38. The summed E-state index contributed by atoms with van der Waals surface area (Å²) in [4.78, 5) is 23.7. The Morgan fingerprint density at radius 3 is 2.63 bits per heavy atom. The number of anilines is 1. The van der Waals surface area contributed by atoms with E-state index < -0.39 is 11.3 Å². The van der Waals surface area contributed by atoms with Gasteiger partial charge in [-0.05, 0) is 19.4 Å². The summed E-state index contributed by atoms with van der Waals surface area (Å²) >= 11 is 12.6. The largest absolute Gasteiger partial charge is 0.324 e. The van der Waals surface area contributed by atoms with E-state index in [1.165, 1.54) is 23.4 Å². The van der Waals surface area contributed by atoms with Crippen LogP contribution in [0.15, 0.2) is 49.3 Å². The van der Waals surface area contributed by atoms with Crippen molar-refractivity contribution in [2.24, 2.45) is 7.05 Å². The van der Waals surface area contributed by atoms with Crippen LogP contribution in [-0.2, 0) is 17.3 Å².